The van der Waals surface area contributed by atoms with E-state index in [4.69, 9.17) is 23.2 Å². The summed E-state index contributed by atoms with van der Waals surface area (Å²) in [4.78, 5) is 12.5. The maximum absolute atomic E-state index is 12.5. The Labute approximate surface area is 144 Å². The summed E-state index contributed by atoms with van der Waals surface area (Å²) in [5.74, 6) is 0.494. The fourth-order valence-electron chi connectivity index (χ4n) is 2.97. The van der Waals surface area contributed by atoms with E-state index in [0.29, 0.717) is 16.6 Å². The lowest BCUT2D eigenvalue weighted by Gasteiger charge is -2.06. The summed E-state index contributed by atoms with van der Waals surface area (Å²) in [6.45, 7) is 0.662. The van der Waals surface area contributed by atoms with Gasteiger partial charge in [0.1, 0.15) is 0 Å². The molecule has 0 radical (unpaired) electrons. The lowest BCUT2D eigenvalue weighted by atomic mass is 10.1. The van der Waals surface area contributed by atoms with Crippen molar-refractivity contribution in [2.45, 2.75) is 19.4 Å². The van der Waals surface area contributed by atoms with E-state index < -0.39 is 0 Å². The van der Waals surface area contributed by atoms with E-state index in [0.717, 1.165) is 34.9 Å². The standard InChI is InChI=1S/C19H15Cl2NO/c20-16-8-5-12(9-17(16)21)10-22-11-15(19(23)13-6-7-13)14-3-1-2-4-18(14)22/h1-5,8-9,11,13H,6-7,10H2. The molecule has 0 amide bonds. The second kappa shape index (κ2) is 5.70. The highest BCUT2D eigenvalue weighted by molar-refractivity contribution is 6.42. The Bertz CT molecular complexity index is 909. The van der Waals surface area contributed by atoms with Crippen LogP contribution in [0, 0.1) is 5.92 Å². The summed E-state index contributed by atoms with van der Waals surface area (Å²) >= 11 is 12.1. The average molecular weight is 344 g/mol. The summed E-state index contributed by atoms with van der Waals surface area (Å²) in [5.41, 5.74) is 2.97. The van der Waals surface area contributed by atoms with Gasteiger partial charge in [0.25, 0.3) is 0 Å². The van der Waals surface area contributed by atoms with Gasteiger partial charge in [0.15, 0.2) is 5.78 Å². The molecular formula is C19H15Cl2NO. The number of ketones is 1. The predicted octanol–water partition coefficient (Wildman–Crippen LogP) is 5.59. The van der Waals surface area contributed by atoms with Gasteiger partial charge in [0.2, 0.25) is 0 Å². The zero-order valence-corrected chi connectivity index (χ0v) is 13.9. The third-order valence-electron chi connectivity index (χ3n) is 4.34. The highest BCUT2D eigenvalue weighted by atomic mass is 35.5. The molecule has 0 aliphatic heterocycles. The first-order chi connectivity index (χ1) is 11.1. The van der Waals surface area contributed by atoms with Crippen molar-refractivity contribution in [3.63, 3.8) is 0 Å². The molecule has 1 aliphatic carbocycles. The van der Waals surface area contributed by atoms with E-state index in [-0.39, 0.29) is 11.7 Å². The number of carbonyl (C=O) groups excluding carboxylic acids is 1. The van der Waals surface area contributed by atoms with Gasteiger partial charge in [-0.15, -0.1) is 0 Å². The summed E-state index contributed by atoms with van der Waals surface area (Å²) < 4.78 is 2.12. The van der Waals surface area contributed by atoms with Gasteiger partial charge in [-0.2, -0.15) is 0 Å². The number of benzene rings is 2. The van der Waals surface area contributed by atoms with E-state index in [2.05, 4.69) is 10.6 Å². The number of hydrogen-bond acceptors (Lipinski definition) is 1. The van der Waals surface area contributed by atoms with Crippen molar-refractivity contribution in [3.05, 3.63) is 69.8 Å². The zero-order valence-electron chi connectivity index (χ0n) is 12.4. The van der Waals surface area contributed by atoms with Gasteiger partial charge >= 0.3 is 0 Å². The highest BCUT2D eigenvalue weighted by Gasteiger charge is 2.32. The van der Waals surface area contributed by atoms with Crippen LogP contribution >= 0.6 is 23.2 Å². The number of hydrogen-bond donors (Lipinski definition) is 0. The van der Waals surface area contributed by atoms with Gasteiger partial charge < -0.3 is 4.57 Å². The van der Waals surface area contributed by atoms with Crippen LogP contribution in [-0.4, -0.2) is 10.4 Å². The van der Waals surface area contributed by atoms with E-state index in [9.17, 15) is 4.79 Å². The lowest BCUT2D eigenvalue weighted by Crippen LogP contribution is -2.01. The molecule has 2 nitrogen and oxygen atoms in total. The third-order valence-corrected chi connectivity index (χ3v) is 5.08. The van der Waals surface area contributed by atoms with Gasteiger partial charge in [-0.1, -0.05) is 47.5 Å². The lowest BCUT2D eigenvalue weighted by molar-refractivity contribution is 0.0969. The van der Waals surface area contributed by atoms with Crippen LogP contribution in [0.15, 0.2) is 48.7 Å². The number of halogens is 2. The Balaban J connectivity index is 1.77. The maximum Gasteiger partial charge on any atom is 0.168 e. The molecule has 0 saturated heterocycles. The second-order valence-corrected chi connectivity index (χ2v) is 6.89. The molecular weight excluding hydrogens is 329 g/mol. The number of rotatable bonds is 4. The quantitative estimate of drug-likeness (QED) is 0.566. The second-order valence-electron chi connectivity index (χ2n) is 6.07. The summed E-state index contributed by atoms with van der Waals surface area (Å²) in [5, 5.41) is 2.14. The van der Waals surface area contributed by atoms with Gasteiger partial charge in [-0.05, 0) is 36.6 Å². The fraction of sp³-hybridized carbons (Fsp3) is 0.211. The average Bonchev–Trinajstić information content (AvgIpc) is 3.34. The SMILES string of the molecule is O=C(c1cn(Cc2ccc(Cl)c(Cl)c2)c2ccccc12)C1CC1. The van der Waals surface area contributed by atoms with Crippen LogP contribution in [-0.2, 0) is 6.54 Å². The molecule has 1 fully saturated rings. The first-order valence-corrected chi connectivity index (χ1v) is 8.45. The number of carbonyl (C=O) groups is 1. The van der Waals surface area contributed by atoms with Crippen molar-refractivity contribution in [1.82, 2.24) is 4.57 Å². The predicted molar refractivity (Wildman–Crippen MR) is 94.6 cm³/mol. The van der Waals surface area contributed by atoms with E-state index in [1.165, 1.54) is 0 Å². The molecule has 3 aromatic rings. The van der Waals surface area contributed by atoms with Crippen molar-refractivity contribution in [2.24, 2.45) is 5.92 Å². The first-order valence-electron chi connectivity index (χ1n) is 7.69. The van der Waals surface area contributed by atoms with Crippen molar-refractivity contribution in [1.29, 1.82) is 0 Å². The van der Waals surface area contributed by atoms with E-state index >= 15 is 0 Å². The molecule has 4 rings (SSSR count). The molecule has 1 saturated carbocycles. The topological polar surface area (TPSA) is 22.0 Å². The zero-order chi connectivity index (χ0) is 16.0. The van der Waals surface area contributed by atoms with E-state index in [1.807, 2.05) is 36.5 Å². The maximum atomic E-state index is 12.5. The van der Waals surface area contributed by atoms with Crippen LogP contribution < -0.4 is 0 Å². The van der Waals surface area contributed by atoms with Gasteiger partial charge in [0, 0.05) is 35.1 Å². The molecule has 0 unspecified atom stereocenters. The molecule has 2 aromatic carbocycles. The minimum Gasteiger partial charge on any atom is -0.342 e. The van der Waals surface area contributed by atoms with Crippen LogP contribution in [0.4, 0.5) is 0 Å². The molecule has 23 heavy (non-hydrogen) atoms. The van der Waals surface area contributed by atoms with Crippen molar-refractivity contribution >= 4 is 39.9 Å². The van der Waals surface area contributed by atoms with Crippen molar-refractivity contribution in [3.8, 4) is 0 Å². The highest BCUT2D eigenvalue weighted by Crippen LogP contribution is 2.35. The van der Waals surface area contributed by atoms with Gasteiger partial charge in [-0.25, -0.2) is 0 Å². The molecule has 4 heteroatoms. The van der Waals surface area contributed by atoms with Gasteiger partial charge in [0.05, 0.1) is 10.0 Å². The smallest absolute Gasteiger partial charge is 0.168 e. The largest absolute Gasteiger partial charge is 0.342 e. The molecule has 0 bridgehead atoms. The Morgan fingerprint density at radius 1 is 1.09 bits per heavy atom. The molecule has 1 aromatic heterocycles. The molecule has 0 atom stereocenters. The minimum atomic E-state index is 0.222. The molecule has 116 valence electrons. The number of aromatic nitrogens is 1. The van der Waals surface area contributed by atoms with Crippen molar-refractivity contribution < 1.29 is 4.79 Å². The summed E-state index contributed by atoms with van der Waals surface area (Å²) in [6.07, 6.45) is 4.02. The van der Waals surface area contributed by atoms with Crippen molar-refractivity contribution in [2.75, 3.05) is 0 Å². The minimum absolute atomic E-state index is 0.222. The Morgan fingerprint density at radius 3 is 2.61 bits per heavy atom. The summed E-state index contributed by atoms with van der Waals surface area (Å²) in [6, 6.07) is 13.7. The Morgan fingerprint density at radius 2 is 1.87 bits per heavy atom. The molecule has 1 aliphatic rings. The fourth-order valence-corrected chi connectivity index (χ4v) is 3.29. The van der Waals surface area contributed by atoms with Crippen LogP contribution in [0.3, 0.4) is 0 Å². The first kappa shape index (κ1) is 14.8. The Kier molecular flexibility index (Phi) is 3.67. The normalized spacial score (nSPS) is 14.3. The van der Waals surface area contributed by atoms with Crippen LogP contribution in [0.25, 0.3) is 10.9 Å². The number of nitrogens with zero attached hydrogens (tertiary/aromatic N) is 1. The summed E-state index contributed by atoms with van der Waals surface area (Å²) in [7, 11) is 0. The number of Topliss-reactive ketones (excluding diaryl/α,β-unsaturated/α-hetero) is 1. The van der Waals surface area contributed by atoms with Gasteiger partial charge in [-0.3, -0.25) is 4.79 Å². The van der Waals surface area contributed by atoms with Crippen LogP contribution in [0.2, 0.25) is 10.0 Å². The number of para-hydroxylation sites is 1. The number of fused-ring (bicyclic) bond motifs is 1. The molecule has 0 spiro atoms. The van der Waals surface area contributed by atoms with E-state index in [1.54, 1.807) is 6.07 Å². The Hall–Kier alpha value is -1.77. The molecule has 1 heterocycles. The van der Waals surface area contributed by atoms with Crippen LogP contribution in [0.5, 0.6) is 0 Å². The van der Waals surface area contributed by atoms with Crippen LogP contribution in [0.1, 0.15) is 28.8 Å². The molecule has 0 N–H and O–H groups in total. The third kappa shape index (κ3) is 2.77. The monoisotopic (exact) mass is 343 g/mol.